The quantitative estimate of drug-likeness (QED) is 0.750. The van der Waals surface area contributed by atoms with Gasteiger partial charge >= 0.3 is 0 Å². The van der Waals surface area contributed by atoms with Crippen molar-refractivity contribution in [2.75, 3.05) is 18.9 Å². The lowest BCUT2D eigenvalue weighted by molar-refractivity contribution is -0.121. The fraction of sp³-hybridized carbons (Fsp3) is 0.462. The highest BCUT2D eigenvalue weighted by Gasteiger charge is 2.15. The van der Waals surface area contributed by atoms with Crippen LogP contribution >= 0.6 is 0 Å². The maximum atomic E-state index is 11.8. The van der Waals surface area contributed by atoms with Crippen LogP contribution in [0.2, 0.25) is 0 Å². The van der Waals surface area contributed by atoms with Crippen LogP contribution in [0.15, 0.2) is 18.3 Å². The molecule has 0 radical (unpaired) electrons. The van der Waals surface area contributed by atoms with Crippen molar-refractivity contribution in [1.82, 2.24) is 15.6 Å². The van der Waals surface area contributed by atoms with Crippen LogP contribution in [0.4, 0.5) is 5.69 Å². The zero-order chi connectivity index (χ0) is 14.5. The van der Waals surface area contributed by atoms with Gasteiger partial charge in [0.15, 0.2) is 0 Å². The molecule has 0 aliphatic heterocycles. The molecule has 0 saturated heterocycles. The van der Waals surface area contributed by atoms with Gasteiger partial charge < -0.3 is 16.0 Å². The Balaban J connectivity index is 2.53. The molecule has 0 fully saturated rings. The molecule has 0 aliphatic carbocycles. The average Bonchev–Trinajstić information content (AvgIpc) is 2.34. The normalized spacial score (nSPS) is 10.7. The zero-order valence-corrected chi connectivity index (χ0v) is 11.7. The number of anilines is 1. The molecule has 19 heavy (non-hydrogen) atoms. The minimum absolute atomic E-state index is 0.0679. The zero-order valence-electron chi connectivity index (χ0n) is 11.7. The van der Waals surface area contributed by atoms with Crippen LogP contribution in [-0.2, 0) is 4.79 Å². The number of hydrogen-bond donors (Lipinski definition) is 3. The molecular formula is C13H20N4O2. The summed E-state index contributed by atoms with van der Waals surface area (Å²) in [6.45, 7) is 5.57. The summed E-state index contributed by atoms with van der Waals surface area (Å²) >= 11 is 0. The molecule has 1 heterocycles. The largest absolute Gasteiger partial charge is 0.388 e. The summed E-state index contributed by atoms with van der Waals surface area (Å²) in [4.78, 5) is 27.3. The molecule has 1 rings (SSSR count). The van der Waals surface area contributed by atoms with Crippen molar-refractivity contribution in [3.63, 3.8) is 0 Å². The second-order valence-electron chi connectivity index (χ2n) is 5.16. The summed E-state index contributed by atoms with van der Waals surface area (Å²) < 4.78 is 0. The fourth-order valence-electron chi connectivity index (χ4n) is 1.42. The van der Waals surface area contributed by atoms with Crippen LogP contribution in [0, 0.1) is 0 Å². The summed E-state index contributed by atoms with van der Waals surface area (Å²) in [5.41, 5.74) is 0.751. The van der Waals surface area contributed by atoms with Gasteiger partial charge in [-0.05, 0) is 32.9 Å². The van der Waals surface area contributed by atoms with Crippen LogP contribution in [-0.4, -0.2) is 35.9 Å². The molecule has 3 N–H and O–H groups in total. The van der Waals surface area contributed by atoms with Gasteiger partial charge in [-0.15, -0.1) is 0 Å². The van der Waals surface area contributed by atoms with Gasteiger partial charge in [-0.1, -0.05) is 0 Å². The van der Waals surface area contributed by atoms with E-state index >= 15 is 0 Å². The van der Waals surface area contributed by atoms with Crippen LogP contribution < -0.4 is 16.0 Å². The second-order valence-corrected chi connectivity index (χ2v) is 5.16. The van der Waals surface area contributed by atoms with Crippen LogP contribution in [0.1, 0.15) is 31.3 Å². The van der Waals surface area contributed by atoms with Crippen molar-refractivity contribution in [3.8, 4) is 0 Å². The van der Waals surface area contributed by atoms with Gasteiger partial charge in [0.05, 0.1) is 6.54 Å². The number of nitrogens with zero attached hydrogens (tertiary/aromatic N) is 1. The van der Waals surface area contributed by atoms with E-state index in [2.05, 4.69) is 20.9 Å². The number of amides is 2. The first-order valence-corrected chi connectivity index (χ1v) is 6.05. The molecule has 0 saturated carbocycles. The molecule has 6 nitrogen and oxygen atoms in total. The van der Waals surface area contributed by atoms with Gasteiger partial charge in [0.25, 0.3) is 5.91 Å². The van der Waals surface area contributed by atoms with E-state index in [1.807, 2.05) is 20.8 Å². The van der Waals surface area contributed by atoms with E-state index in [0.717, 1.165) is 5.69 Å². The van der Waals surface area contributed by atoms with E-state index in [4.69, 9.17) is 0 Å². The monoisotopic (exact) mass is 264 g/mol. The van der Waals surface area contributed by atoms with Crippen LogP contribution in [0.5, 0.6) is 0 Å². The van der Waals surface area contributed by atoms with Gasteiger partial charge in [-0.3, -0.25) is 14.6 Å². The molecule has 104 valence electrons. The van der Waals surface area contributed by atoms with Crippen LogP contribution in [0.25, 0.3) is 0 Å². The first-order chi connectivity index (χ1) is 8.81. The predicted octanol–water partition coefficient (Wildman–Crippen LogP) is 0.768. The van der Waals surface area contributed by atoms with Crippen molar-refractivity contribution in [2.24, 2.45) is 0 Å². The highest BCUT2D eigenvalue weighted by atomic mass is 16.2. The van der Waals surface area contributed by atoms with Crippen LogP contribution in [0.3, 0.4) is 0 Å². The Bertz CT molecular complexity index is 466. The third-order valence-corrected chi connectivity index (χ3v) is 2.21. The Morgan fingerprint density at radius 1 is 1.32 bits per heavy atom. The number of rotatable bonds is 4. The Morgan fingerprint density at radius 2 is 2.00 bits per heavy atom. The van der Waals surface area contributed by atoms with Crippen molar-refractivity contribution in [3.05, 3.63) is 24.0 Å². The smallest absolute Gasteiger partial charge is 0.270 e. The molecule has 0 atom stereocenters. The van der Waals surface area contributed by atoms with E-state index in [1.54, 1.807) is 19.2 Å². The fourth-order valence-corrected chi connectivity index (χ4v) is 1.42. The lowest BCUT2D eigenvalue weighted by Crippen LogP contribution is -2.45. The molecule has 1 aromatic heterocycles. The molecule has 0 spiro atoms. The van der Waals surface area contributed by atoms with Gasteiger partial charge in [0, 0.05) is 24.5 Å². The lowest BCUT2D eigenvalue weighted by Gasteiger charge is -2.20. The highest BCUT2D eigenvalue weighted by molar-refractivity contribution is 5.95. The third-order valence-electron chi connectivity index (χ3n) is 2.21. The summed E-state index contributed by atoms with van der Waals surface area (Å²) in [5, 5.41) is 8.21. The maximum Gasteiger partial charge on any atom is 0.270 e. The van der Waals surface area contributed by atoms with E-state index in [-0.39, 0.29) is 29.6 Å². The van der Waals surface area contributed by atoms with Crippen molar-refractivity contribution >= 4 is 17.5 Å². The maximum absolute atomic E-state index is 11.8. The number of nitrogens with one attached hydrogen (secondary N) is 3. The summed E-state index contributed by atoms with van der Waals surface area (Å²) in [7, 11) is 1.76. The average molecular weight is 264 g/mol. The Hall–Kier alpha value is -2.11. The van der Waals surface area contributed by atoms with E-state index in [9.17, 15) is 9.59 Å². The lowest BCUT2D eigenvalue weighted by atomic mass is 10.1. The van der Waals surface area contributed by atoms with Gasteiger partial charge in [-0.25, -0.2) is 0 Å². The molecular weight excluding hydrogens is 244 g/mol. The molecule has 2 amide bonds. The number of hydrogen-bond acceptors (Lipinski definition) is 4. The molecule has 0 aliphatic rings. The number of carbonyl (C=O) groups excluding carboxylic acids is 2. The van der Waals surface area contributed by atoms with Gasteiger partial charge in [0.2, 0.25) is 5.91 Å². The summed E-state index contributed by atoms with van der Waals surface area (Å²) in [5.74, 6) is -0.605. The van der Waals surface area contributed by atoms with E-state index < -0.39 is 0 Å². The molecule has 0 unspecified atom stereocenters. The van der Waals surface area contributed by atoms with Crippen molar-refractivity contribution < 1.29 is 9.59 Å². The van der Waals surface area contributed by atoms with Crippen molar-refractivity contribution in [2.45, 2.75) is 26.3 Å². The molecule has 6 heteroatoms. The number of pyridine rings is 1. The van der Waals surface area contributed by atoms with E-state index in [1.165, 1.54) is 6.20 Å². The Kier molecular flexibility index (Phi) is 4.86. The SMILES string of the molecule is CNc1ccnc(C(=O)NCC(=O)NC(C)(C)C)c1. The summed E-state index contributed by atoms with van der Waals surface area (Å²) in [6.07, 6.45) is 1.54. The van der Waals surface area contributed by atoms with Gasteiger partial charge in [0.1, 0.15) is 5.69 Å². The summed E-state index contributed by atoms with van der Waals surface area (Å²) in [6, 6.07) is 3.38. The standard InChI is InChI=1S/C13H20N4O2/c1-13(2,3)17-11(18)8-16-12(19)10-7-9(14-4)5-6-15-10/h5-7H,8H2,1-4H3,(H,14,15)(H,16,19)(H,17,18). The van der Waals surface area contributed by atoms with Crippen molar-refractivity contribution in [1.29, 1.82) is 0 Å². The first-order valence-electron chi connectivity index (χ1n) is 6.05. The van der Waals surface area contributed by atoms with Gasteiger partial charge in [-0.2, -0.15) is 0 Å². The minimum atomic E-state index is -0.374. The Labute approximate surface area is 113 Å². The molecule has 0 bridgehead atoms. The second kappa shape index (κ2) is 6.17. The predicted molar refractivity (Wildman–Crippen MR) is 74.0 cm³/mol. The third kappa shape index (κ3) is 5.37. The topological polar surface area (TPSA) is 83.1 Å². The number of carbonyl (C=O) groups is 2. The van der Waals surface area contributed by atoms with E-state index in [0.29, 0.717) is 0 Å². The number of aromatic nitrogens is 1. The molecule has 1 aromatic rings. The Morgan fingerprint density at radius 3 is 2.58 bits per heavy atom. The minimum Gasteiger partial charge on any atom is -0.388 e. The first kappa shape index (κ1) is 14.9. The molecule has 0 aromatic carbocycles. The highest BCUT2D eigenvalue weighted by Crippen LogP contribution is 2.06.